The summed E-state index contributed by atoms with van der Waals surface area (Å²) in [6.07, 6.45) is 4.03. The van der Waals surface area contributed by atoms with Crippen molar-refractivity contribution < 1.29 is 7.86 Å². The van der Waals surface area contributed by atoms with Gasteiger partial charge >= 0.3 is 96.7 Å². The van der Waals surface area contributed by atoms with Gasteiger partial charge in [-0.1, -0.05) is 0 Å². The van der Waals surface area contributed by atoms with Gasteiger partial charge in [0.05, 0.1) is 0 Å². The number of rotatable bonds is 2. The van der Waals surface area contributed by atoms with Crippen LogP contribution < -0.4 is 0 Å². The number of hydrogen-bond acceptors (Lipinski definition) is 2. The summed E-state index contributed by atoms with van der Waals surface area (Å²) in [6, 6.07) is 10.1. The molecule has 0 unspecified atom stereocenters. The van der Waals surface area contributed by atoms with Crippen LogP contribution in [0.2, 0.25) is 0 Å². The van der Waals surface area contributed by atoms with E-state index in [1.165, 1.54) is 10.5 Å². The van der Waals surface area contributed by atoms with Crippen molar-refractivity contribution in [1.82, 2.24) is 0 Å². The first-order chi connectivity index (χ1) is 7.27. The second-order valence-electron chi connectivity index (χ2n) is 3.04. The average molecular weight is 314 g/mol. The predicted octanol–water partition coefficient (Wildman–Crippen LogP) is 3.54. The molecule has 0 fully saturated rings. The van der Waals surface area contributed by atoms with Crippen LogP contribution in [0, 0.1) is 0 Å². The summed E-state index contributed by atoms with van der Waals surface area (Å²) in [5.74, 6) is -0.186. The fourth-order valence-electron chi connectivity index (χ4n) is 1.30. The average Bonchev–Trinajstić information content (AvgIpc) is 2.66. The molecule has 2 nitrogen and oxygen atoms in total. The first-order valence-electron chi connectivity index (χ1n) is 4.59. The Hall–Kier alpha value is -1.10. The SMILES string of the molecule is CC(=O)OI1C=CC=C1c1ccccc1. The van der Waals surface area contributed by atoms with Crippen LogP contribution in [0.25, 0.3) is 3.58 Å². The molecule has 0 saturated carbocycles. The summed E-state index contributed by atoms with van der Waals surface area (Å²) in [4.78, 5) is 10.9. The van der Waals surface area contributed by atoms with Crippen molar-refractivity contribution in [2.24, 2.45) is 0 Å². The van der Waals surface area contributed by atoms with Gasteiger partial charge in [0.15, 0.2) is 0 Å². The van der Waals surface area contributed by atoms with Crippen molar-refractivity contribution in [2.75, 3.05) is 0 Å². The first-order valence-corrected chi connectivity index (χ1v) is 7.79. The van der Waals surface area contributed by atoms with Crippen molar-refractivity contribution in [3.8, 4) is 0 Å². The third kappa shape index (κ3) is 2.47. The fraction of sp³-hybridized carbons (Fsp3) is 0.0833. The molecule has 0 N–H and O–H groups in total. The second-order valence-corrected chi connectivity index (χ2v) is 6.94. The van der Waals surface area contributed by atoms with E-state index in [1.54, 1.807) is 0 Å². The maximum absolute atomic E-state index is 10.9. The minimum atomic E-state index is -1.83. The van der Waals surface area contributed by atoms with Crippen LogP contribution in [-0.4, -0.2) is 5.97 Å². The van der Waals surface area contributed by atoms with Crippen LogP contribution in [0.3, 0.4) is 0 Å². The summed E-state index contributed by atoms with van der Waals surface area (Å²) in [6.45, 7) is 1.46. The second kappa shape index (κ2) is 4.61. The van der Waals surface area contributed by atoms with Gasteiger partial charge in [-0.15, -0.1) is 0 Å². The third-order valence-corrected chi connectivity index (χ3v) is 6.16. The molecular formula is C12H11IO2. The van der Waals surface area contributed by atoms with Gasteiger partial charge in [-0.25, -0.2) is 0 Å². The number of carbonyl (C=O) groups excluding carboxylic acids is 1. The summed E-state index contributed by atoms with van der Waals surface area (Å²) in [5, 5.41) is 0. The van der Waals surface area contributed by atoms with Gasteiger partial charge in [-0.3, -0.25) is 0 Å². The summed E-state index contributed by atoms with van der Waals surface area (Å²) in [5.41, 5.74) is 1.16. The Labute approximate surface area is 96.6 Å². The molecule has 0 aromatic heterocycles. The van der Waals surface area contributed by atoms with Gasteiger partial charge in [0, 0.05) is 0 Å². The monoisotopic (exact) mass is 314 g/mol. The topological polar surface area (TPSA) is 26.3 Å². The fourth-order valence-corrected chi connectivity index (χ4v) is 4.86. The van der Waals surface area contributed by atoms with Gasteiger partial charge in [0.2, 0.25) is 0 Å². The van der Waals surface area contributed by atoms with Crippen molar-refractivity contribution in [3.63, 3.8) is 0 Å². The van der Waals surface area contributed by atoms with E-state index in [2.05, 4.69) is 0 Å². The van der Waals surface area contributed by atoms with E-state index < -0.39 is 20.2 Å². The Morgan fingerprint density at radius 3 is 2.67 bits per heavy atom. The Bertz CT molecular complexity index is 421. The first kappa shape index (κ1) is 10.4. The maximum atomic E-state index is 10.9. The normalized spacial score (nSPS) is 16.3. The standard InChI is InChI=1S/C12H11IO2/c1-10(14)15-13-9-5-8-12(13)11-6-3-2-4-7-11/h2-9H,1H3. The molecule has 15 heavy (non-hydrogen) atoms. The number of carbonyl (C=O) groups is 1. The molecule has 0 aliphatic carbocycles. The summed E-state index contributed by atoms with van der Waals surface area (Å²) in [7, 11) is 0. The van der Waals surface area contributed by atoms with Crippen molar-refractivity contribution >= 4 is 29.8 Å². The molecule has 0 atom stereocenters. The predicted molar refractivity (Wildman–Crippen MR) is 69.3 cm³/mol. The van der Waals surface area contributed by atoms with Crippen molar-refractivity contribution in [1.29, 1.82) is 0 Å². The van der Waals surface area contributed by atoms with Crippen LogP contribution in [0.4, 0.5) is 0 Å². The van der Waals surface area contributed by atoms with E-state index in [-0.39, 0.29) is 5.97 Å². The Balaban J connectivity index is 2.21. The summed E-state index contributed by atoms with van der Waals surface area (Å²) >= 11 is -1.83. The number of hydrogen-bond donors (Lipinski definition) is 0. The van der Waals surface area contributed by atoms with Gasteiger partial charge in [-0.2, -0.15) is 0 Å². The van der Waals surface area contributed by atoms with Gasteiger partial charge in [0.1, 0.15) is 0 Å². The van der Waals surface area contributed by atoms with Gasteiger partial charge in [0.25, 0.3) is 0 Å². The molecule has 0 spiro atoms. The molecule has 1 aliphatic heterocycles. The van der Waals surface area contributed by atoms with E-state index in [9.17, 15) is 4.79 Å². The molecule has 0 amide bonds. The third-order valence-electron chi connectivity index (χ3n) is 1.87. The number of benzene rings is 1. The molecule has 0 saturated heterocycles. The molecule has 0 bridgehead atoms. The van der Waals surface area contributed by atoms with E-state index in [1.807, 2.05) is 46.6 Å². The summed E-state index contributed by atoms with van der Waals surface area (Å²) < 4.78 is 8.57. The molecular weight excluding hydrogens is 303 g/mol. The van der Waals surface area contributed by atoms with Crippen LogP contribution >= 0.6 is 20.2 Å². The molecule has 1 aromatic rings. The van der Waals surface area contributed by atoms with Crippen molar-refractivity contribution in [2.45, 2.75) is 6.92 Å². The van der Waals surface area contributed by atoms with Gasteiger partial charge in [-0.05, 0) is 0 Å². The molecule has 0 radical (unpaired) electrons. The number of allylic oxidation sites excluding steroid dienone is 2. The molecule has 1 heterocycles. The van der Waals surface area contributed by atoms with Crippen LogP contribution in [-0.2, 0) is 7.86 Å². The van der Waals surface area contributed by atoms with E-state index in [0.717, 1.165) is 5.56 Å². The Kier molecular flexibility index (Phi) is 3.20. The van der Waals surface area contributed by atoms with Gasteiger partial charge < -0.3 is 0 Å². The van der Waals surface area contributed by atoms with Crippen molar-refractivity contribution in [3.05, 3.63) is 52.1 Å². The zero-order valence-electron chi connectivity index (χ0n) is 8.31. The van der Waals surface area contributed by atoms with E-state index in [4.69, 9.17) is 3.07 Å². The molecule has 2 rings (SSSR count). The quantitative estimate of drug-likeness (QED) is 0.781. The molecule has 1 aliphatic rings. The zero-order chi connectivity index (χ0) is 10.7. The Morgan fingerprint density at radius 1 is 1.27 bits per heavy atom. The molecule has 78 valence electrons. The van der Waals surface area contributed by atoms with Crippen LogP contribution in [0.1, 0.15) is 12.5 Å². The van der Waals surface area contributed by atoms with Crippen LogP contribution in [0.15, 0.2) is 46.6 Å². The van der Waals surface area contributed by atoms with Crippen LogP contribution in [0.5, 0.6) is 0 Å². The number of halogens is 1. The minimum absolute atomic E-state index is 0.186. The van der Waals surface area contributed by atoms with E-state index >= 15 is 0 Å². The molecule has 1 aromatic carbocycles. The van der Waals surface area contributed by atoms with E-state index in [0.29, 0.717) is 0 Å². The molecule has 3 heteroatoms. The zero-order valence-corrected chi connectivity index (χ0v) is 10.5. The Morgan fingerprint density at radius 2 is 2.00 bits per heavy atom.